The van der Waals surface area contributed by atoms with Crippen LogP contribution in [-0.2, 0) is 11.3 Å². The van der Waals surface area contributed by atoms with Crippen molar-refractivity contribution in [2.45, 2.75) is 12.7 Å². The predicted octanol–water partition coefficient (Wildman–Crippen LogP) is 0.600. The first-order valence-electron chi connectivity index (χ1n) is 5.58. The fourth-order valence-corrected chi connectivity index (χ4v) is 2.37. The zero-order valence-corrected chi connectivity index (χ0v) is 11.2. The van der Waals surface area contributed by atoms with E-state index in [0.29, 0.717) is 4.90 Å². The van der Waals surface area contributed by atoms with E-state index in [1.807, 2.05) is 0 Å². The minimum absolute atomic E-state index is 0.0646. The number of alkyl halides is 3. The minimum Gasteiger partial charge on any atom is -0.480 e. The Balaban J connectivity index is 2.24. The maximum atomic E-state index is 12.4. The fourth-order valence-electron chi connectivity index (χ4n) is 1.72. The van der Waals surface area contributed by atoms with Crippen molar-refractivity contribution >= 4 is 22.3 Å². The van der Waals surface area contributed by atoms with Gasteiger partial charge in [0.05, 0.1) is 18.8 Å². The lowest BCUT2D eigenvalue weighted by molar-refractivity contribution is -0.154. The number of hydrogen-bond acceptors (Lipinski definition) is 6. The SMILES string of the molecule is O=C(O)CN(Cc1cc(=O)n2ncsc2n1)CC(F)(F)F. The zero-order chi connectivity index (χ0) is 15.6. The highest BCUT2D eigenvalue weighted by atomic mass is 32.1. The van der Waals surface area contributed by atoms with Crippen LogP contribution in [0.25, 0.3) is 4.96 Å². The molecule has 0 unspecified atom stereocenters. The number of carboxylic acids is 1. The third-order valence-electron chi connectivity index (χ3n) is 2.39. The molecule has 2 rings (SSSR count). The van der Waals surface area contributed by atoms with Crippen LogP contribution in [-0.4, -0.2) is 49.8 Å². The molecular weight excluding hydrogens is 313 g/mol. The van der Waals surface area contributed by atoms with Gasteiger partial charge in [0, 0.05) is 12.6 Å². The molecule has 0 spiro atoms. The van der Waals surface area contributed by atoms with Crippen molar-refractivity contribution in [3.8, 4) is 0 Å². The number of fused-ring (bicyclic) bond motifs is 1. The molecule has 2 aromatic heterocycles. The maximum absolute atomic E-state index is 12.4. The second kappa shape index (κ2) is 5.77. The molecule has 21 heavy (non-hydrogen) atoms. The molecule has 1 N–H and O–H groups in total. The van der Waals surface area contributed by atoms with Gasteiger partial charge in [0.2, 0.25) is 4.96 Å². The fraction of sp³-hybridized carbons (Fsp3) is 0.400. The molecule has 114 valence electrons. The number of rotatable bonds is 5. The molecule has 0 radical (unpaired) electrons. The number of aromatic nitrogens is 3. The molecule has 0 fully saturated rings. The molecule has 0 aromatic carbocycles. The van der Waals surface area contributed by atoms with Gasteiger partial charge in [-0.25, -0.2) is 4.98 Å². The van der Waals surface area contributed by atoms with E-state index in [9.17, 15) is 22.8 Å². The summed E-state index contributed by atoms with van der Waals surface area (Å²) in [5, 5.41) is 12.4. The highest BCUT2D eigenvalue weighted by Crippen LogP contribution is 2.17. The highest BCUT2D eigenvalue weighted by Gasteiger charge is 2.31. The van der Waals surface area contributed by atoms with Crippen molar-refractivity contribution < 1.29 is 23.1 Å². The number of hydrogen-bond donors (Lipinski definition) is 1. The van der Waals surface area contributed by atoms with Crippen molar-refractivity contribution in [2.24, 2.45) is 0 Å². The first kappa shape index (κ1) is 15.4. The van der Waals surface area contributed by atoms with Gasteiger partial charge in [-0.05, 0) is 0 Å². The summed E-state index contributed by atoms with van der Waals surface area (Å²) in [6.45, 7) is -2.60. The van der Waals surface area contributed by atoms with E-state index in [4.69, 9.17) is 5.11 Å². The Morgan fingerprint density at radius 3 is 2.81 bits per heavy atom. The second-order valence-electron chi connectivity index (χ2n) is 4.17. The van der Waals surface area contributed by atoms with Gasteiger partial charge in [0.25, 0.3) is 5.56 Å². The van der Waals surface area contributed by atoms with E-state index in [1.54, 1.807) is 0 Å². The van der Waals surface area contributed by atoms with Crippen LogP contribution in [0.4, 0.5) is 13.2 Å². The number of nitrogens with zero attached hydrogens (tertiary/aromatic N) is 4. The van der Waals surface area contributed by atoms with Crippen LogP contribution in [0.1, 0.15) is 5.69 Å². The quantitative estimate of drug-likeness (QED) is 0.867. The Morgan fingerprint density at radius 2 is 2.19 bits per heavy atom. The van der Waals surface area contributed by atoms with Gasteiger partial charge in [-0.2, -0.15) is 22.8 Å². The summed E-state index contributed by atoms with van der Waals surface area (Å²) in [5.41, 5.74) is 0.909. The molecule has 0 atom stereocenters. The maximum Gasteiger partial charge on any atom is 0.401 e. The van der Waals surface area contributed by atoms with E-state index in [0.717, 1.165) is 21.9 Å². The van der Waals surface area contributed by atoms with E-state index >= 15 is 0 Å². The lowest BCUT2D eigenvalue weighted by atomic mass is 10.3. The molecule has 0 aliphatic carbocycles. The standard InChI is InChI=1S/C10H9F3N4O3S/c11-10(12,13)4-16(3-8(19)20)2-6-1-7(18)17-9(15-6)21-5-14-17/h1,5H,2-4H2,(H,19,20). The van der Waals surface area contributed by atoms with Crippen molar-refractivity contribution in [1.82, 2.24) is 19.5 Å². The smallest absolute Gasteiger partial charge is 0.401 e. The Morgan fingerprint density at radius 1 is 1.48 bits per heavy atom. The number of carboxylic acid groups (broad SMARTS) is 1. The molecule has 0 bridgehead atoms. The molecule has 7 nitrogen and oxygen atoms in total. The van der Waals surface area contributed by atoms with Crippen molar-refractivity contribution in [1.29, 1.82) is 0 Å². The Hall–Kier alpha value is -2.01. The van der Waals surface area contributed by atoms with Gasteiger partial charge < -0.3 is 5.11 Å². The van der Waals surface area contributed by atoms with Crippen LogP contribution >= 0.6 is 11.3 Å². The molecule has 2 aromatic rings. The first-order chi connectivity index (χ1) is 9.74. The highest BCUT2D eigenvalue weighted by molar-refractivity contribution is 7.14. The van der Waals surface area contributed by atoms with E-state index in [1.165, 1.54) is 5.51 Å². The molecule has 11 heteroatoms. The number of halogens is 3. The van der Waals surface area contributed by atoms with Crippen LogP contribution in [0.3, 0.4) is 0 Å². The van der Waals surface area contributed by atoms with Crippen LogP contribution in [0.2, 0.25) is 0 Å². The molecule has 0 aliphatic heterocycles. The summed E-state index contributed by atoms with van der Waals surface area (Å²) in [6, 6.07) is 1.04. The summed E-state index contributed by atoms with van der Waals surface area (Å²) < 4.78 is 38.3. The van der Waals surface area contributed by atoms with Crippen LogP contribution in [0, 0.1) is 0 Å². The lowest BCUT2D eigenvalue weighted by Gasteiger charge is -2.21. The Kier molecular flexibility index (Phi) is 4.23. The van der Waals surface area contributed by atoms with E-state index < -0.39 is 37.3 Å². The van der Waals surface area contributed by atoms with Gasteiger partial charge in [0.1, 0.15) is 5.51 Å². The number of aliphatic carboxylic acids is 1. The van der Waals surface area contributed by atoms with Crippen molar-refractivity contribution in [3.63, 3.8) is 0 Å². The van der Waals surface area contributed by atoms with Crippen LogP contribution < -0.4 is 5.56 Å². The van der Waals surface area contributed by atoms with Crippen LogP contribution in [0.5, 0.6) is 0 Å². The van der Waals surface area contributed by atoms with Crippen molar-refractivity contribution in [2.75, 3.05) is 13.1 Å². The molecule has 0 aliphatic rings. The first-order valence-corrected chi connectivity index (χ1v) is 6.46. The molecule has 0 saturated carbocycles. The summed E-state index contributed by atoms with van der Waals surface area (Å²) in [4.78, 5) is 27.2. The predicted molar refractivity (Wildman–Crippen MR) is 66.1 cm³/mol. The molecule has 0 amide bonds. The minimum atomic E-state index is -4.54. The topological polar surface area (TPSA) is 87.8 Å². The van der Waals surface area contributed by atoms with Crippen LogP contribution in [0.15, 0.2) is 16.4 Å². The van der Waals surface area contributed by atoms with Gasteiger partial charge in [-0.15, -0.1) is 0 Å². The average molecular weight is 322 g/mol. The summed E-state index contributed by atoms with van der Waals surface area (Å²) in [7, 11) is 0. The largest absolute Gasteiger partial charge is 0.480 e. The molecule has 0 saturated heterocycles. The summed E-state index contributed by atoms with van der Waals surface area (Å²) in [5.74, 6) is -1.39. The normalized spacial score (nSPS) is 12.2. The van der Waals surface area contributed by atoms with Gasteiger partial charge in [0.15, 0.2) is 0 Å². The van der Waals surface area contributed by atoms with E-state index in [2.05, 4.69) is 10.1 Å². The van der Waals surface area contributed by atoms with Gasteiger partial charge in [-0.1, -0.05) is 11.3 Å². The number of carbonyl (C=O) groups is 1. The third-order valence-corrected chi connectivity index (χ3v) is 3.06. The molecular formula is C10H9F3N4O3S. The zero-order valence-electron chi connectivity index (χ0n) is 10.4. The van der Waals surface area contributed by atoms with E-state index in [-0.39, 0.29) is 10.7 Å². The van der Waals surface area contributed by atoms with Crippen molar-refractivity contribution in [3.05, 3.63) is 27.6 Å². The monoisotopic (exact) mass is 322 g/mol. The average Bonchev–Trinajstić information content (AvgIpc) is 2.73. The van der Waals surface area contributed by atoms with Gasteiger partial charge >= 0.3 is 12.1 Å². The summed E-state index contributed by atoms with van der Waals surface area (Å²) in [6.07, 6.45) is -4.54. The third kappa shape index (κ3) is 4.23. The van der Waals surface area contributed by atoms with Gasteiger partial charge in [-0.3, -0.25) is 14.5 Å². The summed E-state index contributed by atoms with van der Waals surface area (Å²) >= 11 is 1.05. The lowest BCUT2D eigenvalue weighted by Crippen LogP contribution is -2.37. The second-order valence-corrected chi connectivity index (χ2v) is 4.98. The Bertz CT molecular complexity index is 711. The molecule has 2 heterocycles. The Labute approximate surface area is 119 Å².